The van der Waals surface area contributed by atoms with E-state index in [-0.39, 0.29) is 11.6 Å². The topological polar surface area (TPSA) is 132 Å². The number of aromatic nitrogens is 4. The maximum Gasteiger partial charge on any atom is 0.423 e. The fraction of sp³-hybridized carbons (Fsp3) is 0.435. The van der Waals surface area contributed by atoms with Gasteiger partial charge in [-0.1, -0.05) is 12.8 Å². The van der Waals surface area contributed by atoms with Crippen LogP contribution < -0.4 is 21.5 Å². The van der Waals surface area contributed by atoms with E-state index in [4.69, 9.17) is 15.6 Å². The molecule has 2 aromatic heterocycles. The number of hydrogen-bond acceptors (Lipinski definition) is 9. The Morgan fingerprint density at radius 3 is 2.47 bits per heavy atom. The van der Waals surface area contributed by atoms with E-state index < -0.39 is 6.09 Å². The van der Waals surface area contributed by atoms with Gasteiger partial charge in [-0.05, 0) is 49.6 Å². The van der Waals surface area contributed by atoms with Crippen molar-refractivity contribution in [2.75, 3.05) is 36.4 Å². The highest BCUT2D eigenvalue weighted by atomic mass is 16.7. The SMILES string of the molecule is Cc1cc(=O)n(C2CCCC2)c2nc(Nc3ccc(N4CCN(OC(N)=O)CC4)cc3)nnc12. The number of hydrogen-bond donors (Lipinski definition) is 2. The van der Waals surface area contributed by atoms with Crippen molar-refractivity contribution >= 4 is 34.6 Å². The molecular formula is C23H28N8O3. The van der Waals surface area contributed by atoms with E-state index >= 15 is 0 Å². The molecule has 11 heteroatoms. The molecular weight excluding hydrogens is 436 g/mol. The van der Waals surface area contributed by atoms with Gasteiger partial charge in [0.1, 0.15) is 5.52 Å². The van der Waals surface area contributed by atoms with Gasteiger partial charge in [0, 0.05) is 36.6 Å². The van der Waals surface area contributed by atoms with Crippen LogP contribution >= 0.6 is 0 Å². The van der Waals surface area contributed by atoms with Crippen LogP contribution in [0.25, 0.3) is 11.2 Å². The summed E-state index contributed by atoms with van der Waals surface area (Å²) in [6, 6.07) is 9.72. The number of carbonyl (C=O) groups is 1. The fourth-order valence-electron chi connectivity index (χ4n) is 4.79. The van der Waals surface area contributed by atoms with Gasteiger partial charge in [0.2, 0.25) is 5.95 Å². The van der Waals surface area contributed by atoms with E-state index in [1.807, 2.05) is 31.2 Å². The highest BCUT2D eigenvalue weighted by Gasteiger charge is 2.23. The summed E-state index contributed by atoms with van der Waals surface area (Å²) in [5, 5.41) is 13.4. The smallest absolute Gasteiger partial charge is 0.369 e. The van der Waals surface area contributed by atoms with Gasteiger partial charge in [0.25, 0.3) is 5.56 Å². The first kappa shape index (κ1) is 22.1. The van der Waals surface area contributed by atoms with Crippen molar-refractivity contribution in [3.8, 4) is 0 Å². The molecule has 0 unspecified atom stereocenters. The van der Waals surface area contributed by atoms with Gasteiger partial charge >= 0.3 is 6.09 Å². The number of pyridine rings is 1. The summed E-state index contributed by atoms with van der Waals surface area (Å²) < 4.78 is 1.79. The summed E-state index contributed by atoms with van der Waals surface area (Å²) in [6.07, 6.45) is 3.42. The number of nitrogens with two attached hydrogens (primary N) is 1. The van der Waals surface area contributed by atoms with Gasteiger partial charge in [-0.3, -0.25) is 9.36 Å². The Bertz CT molecular complexity index is 1250. The predicted octanol–water partition coefficient (Wildman–Crippen LogP) is 2.49. The number of nitrogens with one attached hydrogen (secondary N) is 1. The van der Waals surface area contributed by atoms with Gasteiger partial charge in [-0.25, -0.2) is 4.79 Å². The van der Waals surface area contributed by atoms with Crippen LogP contribution in [-0.4, -0.2) is 57.1 Å². The number of aryl methyl sites for hydroxylation is 1. The third-order valence-corrected chi connectivity index (χ3v) is 6.48. The molecule has 3 heterocycles. The Hall–Kier alpha value is -3.73. The second-order valence-electron chi connectivity index (χ2n) is 8.78. The Morgan fingerprint density at radius 2 is 1.79 bits per heavy atom. The molecule has 11 nitrogen and oxygen atoms in total. The van der Waals surface area contributed by atoms with Crippen LogP contribution in [0.4, 0.5) is 22.1 Å². The molecule has 1 saturated heterocycles. The van der Waals surface area contributed by atoms with E-state index in [1.54, 1.807) is 15.7 Å². The molecule has 1 aromatic carbocycles. The van der Waals surface area contributed by atoms with Crippen molar-refractivity contribution in [1.82, 2.24) is 24.8 Å². The molecule has 0 spiro atoms. The summed E-state index contributed by atoms with van der Waals surface area (Å²) in [7, 11) is 0. The Balaban J connectivity index is 1.33. The lowest BCUT2D eigenvalue weighted by Crippen LogP contribution is -2.47. The number of carbonyl (C=O) groups excluding carboxylic acids is 1. The lowest BCUT2D eigenvalue weighted by Gasteiger charge is -2.34. The number of hydroxylamine groups is 2. The molecule has 2 aliphatic rings. The Morgan fingerprint density at radius 1 is 1.09 bits per heavy atom. The monoisotopic (exact) mass is 464 g/mol. The van der Waals surface area contributed by atoms with Crippen molar-refractivity contribution < 1.29 is 9.63 Å². The fourth-order valence-corrected chi connectivity index (χ4v) is 4.79. The molecule has 1 aliphatic heterocycles. The molecule has 3 N–H and O–H groups in total. The van der Waals surface area contributed by atoms with Gasteiger partial charge in [0.05, 0.1) is 13.1 Å². The van der Waals surface area contributed by atoms with E-state index in [0.717, 1.165) is 55.7 Å². The Labute approximate surface area is 196 Å². The molecule has 5 rings (SSSR count). The molecule has 0 atom stereocenters. The van der Waals surface area contributed by atoms with Crippen LogP contribution in [0.2, 0.25) is 0 Å². The maximum atomic E-state index is 12.8. The van der Waals surface area contributed by atoms with E-state index in [2.05, 4.69) is 20.4 Å². The van der Waals surface area contributed by atoms with Gasteiger partial charge in [-0.15, -0.1) is 15.3 Å². The molecule has 1 amide bonds. The number of nitrogens with zero attached hydrogens (tertiary/aromatic N) is 6. The summed E-state index contributed by atoms with van der Waals surface area (Å²) in [4.78, 5) is 35.5. The summed E-state index contributed by atoms with van der Waals surface area (Å²) in [5.74, 6) is 0.356. The number of amides is 1. The van der Waals surface area contributed by atoms with Crippen LogP contribution in [0, 0.1) is 6.92 Å². The van der Waals surface area contributed by atoms with Crippen molar-refractivity contribution in [3.63, 3.8) is 0 Å². The number of anilines is 3. The van der Waals surface area contributed by atoms with Crippen molar-refractivity contribution in [2.24, 2.45) is 5.73 Å². The molecule has 34 heavy (non-hydrogen) atoms. The standard InChI is InChI=1S/C23H28N8O3/c1-15-14-19(32)31(18-4-2-3-5-18)21-20(15)27-28-23(26-21)25-16-6-8-17(9-7-16)29-10-12-30(13-11-29)34-22(24)33/h6-9,14,18H,2-5,10-13H2,1H3,(H2,24,33)(H,25,26,28). The minimum absolute atomic E-state index is 0.0333. The minimum Gasteiger partial charge on any atom is -0.369 e. The second kappa shape index (κ2) is 9.26. The number of primary amides is 1. The number of fused-ring (bicyclic) bond motifs is 1. The summed E-state index contributed by atoms with van der Waals surface area (Å²) in [5.41, 5.74) is 8.96. The normalized spacial score (nSPS) is 17.3. The molecule has 3 aromatic rings. The largest absolute Gasteiger partial charge is 0.423 e. The van der Waals surface area contributed by atoms with Gasteiger partial charge < -0.3 is 20.8 Å². The minimum atomic E-state index is -0.787. The average Bonchev–Trinajstić information content (AvgIpc) is 3.34. The van der Waals surface area contributed by atoms with Crippen LogP contribution in [0.15, 0.2) is 35.1 Å². The zero-order valence-corrected chi connectivity index (χ0v) is 19.1. The summed E-state index contributed by atoms with van der Waals surface area (Å²) >= 11 is 0. The first-order chi connectivity index (χ1) is 16.5. The average molecular weight is 465 g/mol. The maximum absolute atomic E-state index is 12.8. The highest BCUT2D eigenvalue weighted by molar-refractivity contribution is 5.75. The zero-order chi connectivity index (χ0) is 23.7. The second-order valence-corrected chi connectivity index (χ2v) is 8.78. The predicted molar refractivity (Wildman–Crippen MR) is 128 cm³/mol. The van der Waals surface area contributed by atoms with Crippen LogP contribution in [0.1, 0.15) is 37.3 Å². The lowest BCUT2D eigenvalue weighted by atomic mass is 10.2. The molecule has 1 saturated carbocycles. The van der Waals surface area contributed by atoms with E-state index in [9.17, 15) is 9.59 Å². The Kier molecular flexibility index (Phi) is 6.01. The number of piperazine rings is 1. The van der Waals surface area contributed by atoms with Crippen molar-refractivity contribution in [1.29, 1.82) is 0 Å². The van der Waals surface area contributed by atoms with Crippen LogP contribution in [0.3, 0.4) is 0 Å². The third-order valence-electron chi connectivity index (χ3n) is 6.48. The summed E-state index contributed by atoms with van der Waals surface area (Å²) in [6.45, 7) is 4.47. The van der Waals surface area contributed by atoms with Crippen LogP contribution in [0.5, 0.6) is 0 Å². The first-order valence-corrected chi connectivity index (χ1v) is 11.6. The van der Waals surface area contributed by atoms with Crippen LogP contribution in [-0.2, 0) is 4.84 Å². The lowest BCUT2D eigenvalue weighted by molar-refractivity contribution is -0.0986. The molecule has 1 aliphatic carbocycles. The first-order valence-electron chi connectivity index (χ1n) is 11.6. The number of rotatable bonds is 5. The zero-order valence-electron chi connectivity index (χ0n) is 19.1. The molecule has 2 fully saturated rings. The molecule has 0 radical (unpaired) electrons. The third kappa shape index (κ3) is 4.51. The van der Waals surface area contributed by atoms with Gasteiger partial charge in [-0.2, -0.15) is 4.98 Å². The molecule has 0 bridgehead atoms. The van der Waals surface area contributed by atoms with Crippen molar-refractivity contribution in [2.45, 2.75) is 38.6 Å². The quantitative estimate of drug-likeness (QED) is 0.584. The van der Waals surface area contributed by atoms with Gasteiger partial charge in [0.15, 0.2) is 5.65 Å². The van der Waals surface area contributed by atoms with Crippen molar-refractivity contribution in [3.05, 3.63) is 46.2 Å². The van der Waals surface area contributed by atoms with E-state index in [1.165, 1.54) is 0 Å². The number of benzene rings is 1. The molecule has 178 valence electrons. The van der Waals surface area contributed by atoms with E-state index in [0.29, 0.717) is 30.2 Å². The highest BCUT2D eigenvalue weighted by Crippen LogP contribution is 2.30.